The Labute approximate surface area is 111 Å². The highest BCUT2D eigenvalue weighted by molar-refractivity contribution is 6.39. The van der Waals surface area contributed by atoms with Gasteiger partial charge in [-0.1, -0.05) is 0 Å². The van der Waals surface area contributed by atoms with Crippen molar-refractivity contribution in [1.29, 1.82) is 0 Å². The van der Waals surface area contributed by atoms with E-state index in [-0.39, 0.29) is 17.9 Å². The molecule has 2 heterocycles. The van der Waals surface area contributed by atoms with Crippen LogP contribution in [0.3, 0.4) is 0 Å². The smallest absolute Gasteiger partial charge is 0.270 e. The van der Waals surface area contributed by atoms with Gasteiger partial charge in [-0.3, -0.25) is 14.6 Å². The SMILES string of the molecule is CC(c1ccncc1)N(C)C(=O)C1=NNC(=O)CC1. The molecule has 1 aromatic rings. The van der Waals surface area contributed by atoms with E-state index in [1.807, 2.05) is 19.1 Å². The Morgan fingerprint density at radius 1 is 1.37 bits per heavy atom. The summed E-state index contributed by atoms with van der Waals surface area (Å²) in [5.74, 6) is -0.314. The Morgan fingerprint density at radius 3 is 2.63 bits per heavy atom. The van der Waals surface area contributed by atoms with Gasteiger partial charge >= 0.3 is 0 Å². The van der Waals surface area contributed by atoms with Gasteiger partial charge in [0.05, 0.1) is 6.04 Å². The summed E-state index contributed by atoms with van der Waals surface area (Å²) < 4.78 is 0. The first-order valence-corrected chi connectivity index (χ1v) is 6.12. The maximum Gasteiger partial charge on any atom is 0.270 e. The molecule has 1 unspecified atom stereocenters. The lowest BCUT2D eigenvalue weighted by Gasteiger charge is -2.26. The fourth-order valence-corrected chi connectivity index (χ4v) is 1.87. The van der Waals surface area contributed by atoms with Gasteiger partial charge in [-0.15, -0.1) is 0 Å². The number of hydrogen-bond donors (Lipinski definition) is 1. The van der Waals surface area contributed by atoms with Gasteiger partial charge in [0.25, 0.3) is 5.91 Å². The van der Waals surface area contributed by atoms with Crippen molar-refractivity contribution in [2.24, 2.45) is 5.10 Å². The van der Waals surface area contributed by atoms with Crippen LogP contribution >= 0.6 is 0 Å². The zero-order chi connectivity index (χ0) is 13.8. The zero-order valence-corrected chi connectivity index (χ0v) is 11.0. The van der Waals surface area contributed by atoms with Crippen molar-refractivity contribution in [1.82, 2.24) is 15.3 Å². The number of nitrogens with one attached hydrogen (secondary N) is 1. The molecule has 1 aliphatic heterocycles. The van der Waals surface area contributed by atoms with Crippen LogP contribution in [-0.4, -0.2) is 34.5 Å². The van der Waals surface area contributed by atoms with E-state index in [0.717, 1.165) is 5.56 Å². The molecular weight excluding hydrogens is 244 g/mol. The molecule has 6 heteroatoms. The van der Waals surface area contributed by atoms with Gasteiger partial charge in [-0.2, -0.15) is 5.10 Å². The molecule has 0 aromatic carbocycles. The zero-order valence-electron chi connectivity index (χ0n) is 11.0. The van der Waals surface area contributed by atoms with E-state index in [1.54, 1.807) is 24.3 Å². The summed E-state index contributed by atoms with van der Waals surface area (Å²) in [4.78, 5) is 28.8. The summed E-state index contributed by atoms with van der Waals surface area (Å²) in [7, 11) is 1.73. The molecule has 2 rings (SSSR count). The van der Waals surface area contributed by atoms with Gasteiger partial charge in [-0.05, 0) is 24.6 Å². The van der Waals surface area contributed by atoms with E-state index in [4.69, 9.17) is 0 Å². The van der Waals surface area contributed by atoms with Crippen molar-refractivity contribution >= 4 is 17.5 Å². The van der Waals surface area contributed by atoms with Gasteiger partial charge < -0.3 is 4.90 Å². The number of hydrogen-bond acceptors (Lipinski definition) is 4. The minimum absolute atomic E-state index is 0.0733. The Hall–Kier alpha value is -2.24. The van der Waals surface area contributed by atoms with Gasteiger partial charge in [0.1, 0.15) is 5.71 Å². The van der Waals surface area contributed by atoms with Crippen LogP contribution in [0.4, 0.5) is 0 Å². The molecule has 1 atom stereocenters. The van der Waals surface area contributed by atoms with Crippen LogP contribution in [0.2, 0.25) is 0 Å². The van der Waals surface area contributed by atoms with Crippen LogP contribution in [0.15, 0.2) is 29.6 Å². The molecule has 1 aliphatic rings. The van der Waals surface area contributed by atoms with Gasteiger partial charge in [0, 0.05) is 32.3 Å². The van der Waals surface area contributed by atoms with Crippen LogP contribution in [-0.2, 0) is 9.59 Å². The number of rotatable bonds is 3. The number of aromatic nitrogens is 1. The molecule has 0 bridgehead atoms. The molecule has 0 aliphatic carbocycles. The first-order chi connectivity index (χ1) is 9.09. The third-order valence-corrected chi connectivity index (χ3v) is 3.24. The molecule has 0 fully saturated rings. The van der Waals surface area contributed by atoms with E-state index in [9.17, 15) is 9.59 Å². The van der Waals surface area contributed by atoms with E-state index in [1.165, 1.54) is 0 Å². The standard InChI is InChI=1S/C13H16N4O2/c1-9(10-5-7-14-8-6-10)17(2)13(19)11-3-4-12(18)16-15-11/h5-9H,3-4H2,1-2H3,(H,16,18). The molecule has 1 aromatic heterocycles. The normalized spacial score (nSPS) is 16.3. The fourth-order valence-electron chi connectivity index (χ4n) is 1.87. The van der Waals surface area contributed by atoms with Gasteiger partial charge in [0.15, 0.2) is 0 Å². The van der Waals surface area contributed by atoms with E-state index in [0.29, 0.717) is 18.6 Å². The third-order valence-electron chi connectivity index (χ3n) is 3.24. The maximum atomic E-state index is 12.2. The quantitative estimate of drug-likeness (QED) is 0.876. The summed E-state index contributed by atoms with van der Waals surface area (Å²) in [5.41, 5.74) is 3.74. The highest BCUT2D eigenvalue weighted by Crippen LogP contribution is 2.18. The lowest BCUT2D eigenvalue weighted by Crippen LogP contribution is -2.39. The minimum atomic E-state index is -0.163. The second kappa shape index (κ2) is 5.60. The average Bonchev–Trinajstić information content (AvgIpc) is 2.46. The monoisotopic (exact) mass is 260 g/mol. The topological polar surface area (TPSA) is 74.7 Å². The predicted molar refractivity (Wildman–Crippen MR) is 70.2 cm³/mol. The Balaban J connectivity index is 2.09. The molecule has 0 saturated heterocycles. The highest BCUT2D eigenvalue weighted by atomic mass is 16.2. The van der Waals surface area contributed by atoms with Crippen molar-refractivity contribution in [2.75, 3.05) is 7.05 Å². The first-order valence-electron chi connectivity index (χ1n) is 6.12. The molecule has 6 nitrogen and oxygen atoms in total. The first kappa shape index (κ1) is 13.2. The number of carbonyl (C=O) groups is 2. The van der Waals surface area contributed by atoms with Crippen molar-refractivity contribution < 1.29 is 9.59 Å². The lowest BCUT2D eigenvalue weighted by molar-refractivity contribution is -0.125. The molecule has 19 heavy (non-hydrogen) atoms. The fraction of sp³-hybridized carbons (Fsp3) is 0.385. The van der Waals surface area contributed by atoms with Crippen molar-refractivity contribution in [3.8, 4) is 0 Å². The number of hydrazone groups is 1. The number of pyridine rings is 1. The maximum absolute atomic E-state index is 12.2. The van der Waals surface area contributed by atoms with Crippen LogP contribution in [0.1, 0.15) is 31.4 Å². The summed E-state index contributed by atoms with van der Waals surface area (Å²) in [6.45, 7) is 1.94. The second-order valence-electron chi connectivity index (χ2n) is 4.47. The van der Waals surface area contributed by atoms with Crippen molar-refractivity contribution in [3.63, 3.8) is 0 Å². The van der Waals surface area contributed by atoms with Gasteiger partial charge in [0.2, 0.25) is 5.91 Å². The predicted octanol–water partition coefficient (Wildman–Crippen LogP) is 0.867. The molecule has 1 N–H and O–H groups in total. The summed E-state index contributed by atoms with van der Waals surface area (Å²) in [6.07, 6.45) is 4.09. The molecule has 100 valence electrons. The van der Waals surface area contributed by atoms with E-state index in [2.05, 4.69) is 15.5 Å². The third kappa shape index (κ3) is 2.96. The van der Waals surface area contributed by atoms with Crippen molar-refractivity contribution in [3.05, 3.63) is 30.1 Å². The van der Waals surface area contributed by atoms with E-state index >= 15 is 0 Å². The van der Waals surface area contributed by atoms with Crippen LogP contribution in [0.25, 0.3) is 0 Å². The largest absolute Gasteiger partial charge is 0.334 e. The lowest BCUT2D eigenvalue weighted by atomic mass is 10.1. The molecule has 0 spiro atoms. The van der Waals surface area contributed by atoms with Crippen molar-refractivity contribution in [2.45, 2.75) is 25.8 Å². The highest BCUT2D eigenvalue weighted by Gasteiger charge is 2.24. The molecular formula is C13H16N4O2. The van der Waals surface area contributed by atoms with Gasteiger partial charge in [-0.25, -0.2) is 5.43 Å². The Morgan fingerprint density at radius 2 is 2.05 bits per heavy atom. The number of carbonyl (C=O) groups excluding carboxylic acids is 2. The number of nitrogens with zero attached hydrogens (tertiary/aromatic N) is 3. The molecule has 2 amide bonds. The summed E-state index contributed by atoms with van der Waals surface area (Å²) in [6, 6.07) is 3.67. The van der Waals surface area contributed by atoms with Crippen LogP contribution in [0.5, 0.6) is 0 Å². The average molecular weight is 260 g/mol. The second-order valence-corrected chi connectivity index (χ2v) is 4.47. The Bertz CT molecular complexity index is 513. The minimum Gasteiger partial charge on any atom is -0.334 e. The van der Waals surface area contributed by atoms with Crippen LogP contribution < -0.4 is 5.43 Å². The summed E-state index contributed by atoms with van der Waals surface area (Å²) >= 11 is 0. The van der Waals surface area contributed by atoms with Crippen LogP contribution in [0, 0.1) is 0 Å². The summed E-state index contributed by atoms with van der Waals surface area (Å²) in [5, 5.41) is 3.82. The molecule has 0 saturated carbocycles. The number of amides is 2. The molecule has 0 radical (unpaired) electrons. The van der Waals surface area contributed by atoms with E-state index < -0.39 is 0 Å². The Kier molecular flexibility index (Phi) is 3.89.